The molecule has 1 fully saturated rings. The molecular weight excluding hydrogens is 358 g/mol. The zero-order valence-corrected chi connectivity index (χ0v) is 15.5. The quantitative estimate of drug-likeness (QED) is 0.686. The lowest BCUT2D eigenvalue weighted by atomic mass is 10.2. The number of benzene rings is 2. The van der Waals surface area contributed by atoms with Gasteiger partial charge in [0.25, 0.3) is 0 Å². The van der Waals surface area contributed by atoms with Crippen LogP contribution in [0.3, 0.4) is 0 Å². The van der Waals surface area contributed by atoms with Crippen LogP contribution >= 0.6 is 0 Å². The van der Waals surface area contributed by atoms with E-state index >= 15 is 0 Å². The number of carbonyl (C=O) groups is 2. The zero-order chi connectivity index (χ0) is 19.9. The number of carbonyl (C=O) groups excluding carboxylic acids is 2. The number of hydrogen-bond donors (Lipinski definition) is 2. The third kappa shape index (κ3) is 5.01. The molecule has 0 heterocycles. The maximum atomic E-state index is 12.2. The number of nitrogens with zero attached hydrogens (tertiary/aromatic N) is 1. The van der Waals surface area contributed by atoms with E-state index < -0.39 is 0 Å². The van der Waals surface area contributed by atoms with Crippen molar-refractivity contribution in [1.82, 2.24) is 5.32 Å². The number of ether oxygens (including phenoxy) is 2. The molecule has 1 saturated carbocycles. The third-order valence-electron chi connectivity index (χ3n) is 4.47. The van der Waals surface area contributed by atoms with Crippen molar-refractivity contribution >= 4 is 17.5 Å². The van der Waals surface area contributed by atoms with Crippen molar-refractivity contribution in [2.45, 2.75) is 6.42 Å². The first-order valence-corrected chi connectivity index (χ1v) is 8.96. The maximum absolute atomic E-state index is 12.2. The molecule has 2 aromatic rings. The number of hydrogen-bond acceptors (Lipinski definition) is 5. The summed E-state index contributed by atoms with van der Waals surface area (Å²) in [5.41, 5.74) is 1.14. The Hall–Kier alpha value is -3.53. The standard InChI is InChI=1S/C21H21N3O4/c1-27-16-6-8-17(9-7-16)28-11-10-23-20(25)18-12-19(18)21(26)24-15-4-2-14(13-22)3-5-15/h2-9,18-19H,10-12H2,1H3,(H,23,25)(H,24,26). The van der Waals surface area contributed by atoms with Crippen LogP contribution in [0.15, 0.2) is 48.5 Å². The van der Waals surface area contributed by atoms with Gasteiger partial charge in [0.2, 0.25) is 11.8 Å². The monoisotopic (exact) mass is 379 g/mol. The van der Waals surface area contributed by atoms with Gasteiger partial charge in [-0.05, 0) is 55.0 Å². The predicted molar refractivity (Wildman–Crippen MR) is 103 cm³/mol. The Morgan fingerprint density at radius 3 is 2.32 bits per heavy atom. The van der Waals surface area contributed by atoms with Crippen molar-refractivity contribution < 1.29 is 19.1 Å². The summed E-state index contributed by atoms with van der Waals surface area (Å²) < 4.78 is 10.6. The Morgan fingerprint density at radius 1 is 1.04 bits per heavy atom. The summed E-state index contributed by atoms with van der Waals surface area (Å²) in [6.07, 6.45) is 0.535. The van der Waals surface area contributed by atoms with Crippen molar-refractivity contribution in [2.24, 2.45) is 11.8 Å². The molecule has 3 rings (SSSR count). The van der Waals surface area contributed by atoms with Crippen molar-refractivity contribution in [3.8, 4) is 17.6 Å². The van der Waals surface area contributed by atoms with Gasteiger partial charge in [-0.2, -0.15) is 5.26 Å². The van der Waals surface area contributed by atoms with Crippen LogP contribution in [0.4, 0.5) is 5.69 Å². The molecule has 2 aromatic carbocycles. The normalized spacial score (nSPS) is 17.1. The SMILES string of the molecule is COc1ccc(OCCNC(=O)C2CC2C(=O)Nc2ccc(C#N)cc2)cc1. The summed E-state index contributed by atoms with van der Waals surface area (Å²) in [7, 11) is 1.60. The average molecular weight is 379 g/mol. The van der Waals surface area contributed by atoms with Gasteiger partial charge in [-0.25, -0.2) is 0 Å². The largest absolute Gasteiger partial charge is 0.497 e. The second-order valence-electron chi connectivity index (χ2n) is 6.44. The molecule has 1 aliphatic carbocycles. The molecule has 2 atom stereocenters. The Morgan fingerprint density at radius 2 is 1.68 bits per heavy atom. The molecule has 7 heteroatoms. The van der Waals surface area contributed by atoms with Gasteiger partial charge in [0.05, 0.1) is 37.1 Å². The number of rotatable bonds is 8. The van der Waals surface area contributed by atoms with Gasteiger partial charge < -0.3 is 20.1 Å². The molecule has 1 aliphatic rings. The number of nitrogens with one attached hydrogen (secondary N) is 2. The molecule has 144 valence electrons. The maximum Gasteiger partial charge on any atom is 0.228 e. The van der Waals surface area contributed by atoms with E-state index in [9.17, 15) is 9.59 Å². The van der Waals surface area contributed by atoms with Crippen molar-refractivity contribution in [2.75, 3.05) is 25.6 Å². The van der Waals surface area contributed by atoms with Crippen LogP contribution in [0.2, 0.25) is 0 Å². The smallest absolute Gasteiger partial charge is 0.228 e. The van der Waals surface area contributed by atoms with Gasteiger partial charge in [0.15, 0.2) is 0 Å². The average Bonchev–Trinajstić information content (AvgIpc) is 3.53. The van der Waals surface area contributed by atoms with Gasteiger partial charge in [-0.15, -0.1) is 0 Å². The molecule has 0 saturated heterocycles. The van der Waals surface area contributed by atoms with E-state index in [0.29, 0.717) is 36.6 Å². The summed E-state index contributed by atoms with van der Waals surface area (Å²) >= 11 is 0. The highest BCUT2D eigenvalue weighted by molar-refractivity contribution is 5.99. The molecule has 2 amide bonds. The Bertz CT molecular complexity index is 872. The summed E-state index contributed by atoms with van der Waals surface area (Å²) in [4.78, 5) is 24.4. The van der Waals surface area contributed by atoms with Crippen LogP contribution in [-0.4, -0.2) is 32.1 Å². The number of anilines is 1. The Balaban J connectivity index is 1.36. The third-order valence-corrected chi connectivity index (χ3v) is 4.47. The topological polar surface area (TPSA) is 100 Å². The van der Waals surface area contributed by atoms with E-state index in [-0.39, 0.29) is 23.7 Å². The predicted octanol–water partition coefficient (Wildman–Crippen LogP) is 2.34. The summed E-state index contributed by atoms with van der Waals surface area (Å²) in [5.74, 6) is 0.496. The molecule has 0 aliphatic heterocycles. The van der Waals surface area contributed by atoms with Crippen LogP contribution in [0.25, 0.3) is 0 Å². The fourth-order valence-corrected chi connectivity index (χ4v) is 2.78. The van der Waals surface area contributed by atoms with Crippen LogP contribution in [0.1, 0.15) is 12.0 Å². The molecule has 7 nitrogen and oxygen atoms in total. The lowest BCUT2D eigenvalue weighted by molar-refractivity contribution is -0.125. The minimum absolute atomic E-state index is 0.140. The van der Waals surface area contributed by atoms with Gasteiger partial charge in [-0.1, -0.05) is 0 Å². The van der Waals surface area contributed by atoms with Crippen molar-refractivity contribution in [3.05, 3.63) is 54.1 Å². The van der Waals surface area contributed by atoms with E-state index in [1.54, 1.807) is 55.6 Å². The number of methoxy groups -OCH3 is 1. The fraction of sp³-hybridized carbons (Fsp3) is 0.286. The van der Waals surface area contributed by atoms with Crippen LogP contribution in [0.5, 0.6) is 11.5 Å². The highest BCUT2D eigenvalue weighted by atomic mass is 16.5. The first-order chi connectivity index (χ1) is 13.6. The molecule has 28 heavy (non-hydrogen) atoms. The molecule has 0 spiro atoms. The van der Waals surface area contributed by atoms with E-state index in [4.69, 9.17) is 14.7 Å². The zero-order valence-electron chi connectivity index (χ0n) is 15.5. The van der Waals surface area contributed by atoms with Gasteiger partial charge in [0.1, 0.15) is 18.1 Å². The van der Waals surface area contributed by atoms with E-state index in [2.05, 4.69) is 10.6 Å². The van der Waals surface area contributed by atoms with Gasteiger partial charge >= 0.3 is 0 Å². The van der Waals surface area contributed by atoms with E-state index in [1.165, 1.54) is 0 Å². The first kappa shape index (κ1) is 19.2. The minimum atomic E-state index is -0.321. The Kier molecular flexibility index (Phi) is 6.12. The summed E-state index contributed by atoms with van der Waals surface area (Å²) in [6, 6.07) is 15.8. The molecule has 2 unspecified atom stereocenters. The van der Waals surface area contributed by atoms with Crippen LogP contribution < -0.4 is 20.1 Å². The lowest BCUT2D eigenvalue weighted by Crippen LogP contribution is -2.31. The fourth-order valence-electron chi connectivity index (χ4n) is 2.78. The molecule has 2 N–H and O–H groups in total. The lowest BCUT2D eigenvalue weighted by Gasteiger charge is -2.08. The molecule has 0 aromatic heterocycles. The van der Waals surface area contributed by atoms with Gasteiger partial charge in [0, 0.05) is 5.69 Å². The van der Waals surface area contributed by atoms with Crippen LogP contribution in [0, 0.1) is 23.2 Å². The van der Waals surface area contributed by atoms with Gasteiger partial charge in [-0.3, -0.25) is 9.59 Å². The van der Waals surface area contributed by atoms with Crippen molar-refractivity contribution in [3.63, 3.8) is 0 Å². The number of amides is 2. The molecule has 0 bridgehead atoms. The highest BCUT2D eigenvalue weighted by Gasteiger charge is 2.47. The first-order valence-electron chi connectivity index (χ1n) is 8.96. The Labute approximate surface area is 163 Å². The second-order valence-corrected chi connectivity index (χ2v) is 6.44. The van der Waals surface area contributed by atoms with Crippen molar-refractivity contribution in [1.29, 1.82) is 5.26 Å². The number of nitriles is 1. The summed E-state index contributed by atoms with van der Waals surface area (Å²) in [5, 5.41) is 14.4. The van der Waals surface area contributed by atoms with Crippen LogP contribution in [-0.2, 0) is 9.59 Å². The highest BCUT2D eigenvalue weighted by Crippen LogP contribution is 2.39. The van der Waals surface area contributed by atoms with E-state index in [0.717, 1.165) is 5.75 Å². The summed E-state index contributed by atoms with van der Waals surface area (Å²) in [6.45, 7) is 0.707. The molecule has 0 radical (unpaired) electrons. The molecular formula is C21H21N3O4. The second kappa shape index (κ2) is 8.91. The van der Waals surface area contributed by atoms with E-state index in [1.807, 2.05) is 6.07 Å². The minimum Gasteiger partial charge on any atom is -0.497 e.